The average molecular weight is 517 g/mol. The van der Waals surface area contributed by atoms with Crippen LogP contribution in [0.3, 0.4) is 0 Å². The number of esters is 1. The van der Waals surface area contributed by atoms with Crippen molar-refractivity contribution in [3.63, 3.8) is 0 Å². The number of hydrogen-bond acceptors (Lipinski definition) is 7. The second-order valence-corrected chi connectivity index (χ2v) is 11.2. The number of amides is 1. The Balaban J connectivity index is 1.05. The van der Waals surface area contributed by atoms with Crippen LogP contribution in [0.1, 0.15) is 78.7 Å². The maximum atomic E-state index is 12.8. The first-order chi connectivity index (χ1) is 18.2. The number of hydrogen-bond donors (Lipinski definition) is 2. The van der Waals surface area contributed by atoms with Gasteiger partial charge in [-0.25, -0.2) is 19.7 Å². The molecule has 0 bridgehead atoms. The lowest BCUT2D eigenvalue weighted by molar-refractivity contribution is -0.132. The second-order valence-electron chi connectivity index (χ2n) is 11.2. The monoisotopic (exact) mass is 516 g/mol. The average Bonchev–Trinajstić information content (AvgIpc) is 3.52. The van der Waals surface area contributed by atoms with Crippen LogP contribution in [0, 0.1) is 0 Å². The maximum absolute atomic E-state index is 12.8. The van der Waals surface area contributed by atoms with Crippen LogP contribution in [0.2, 0.25) is 0 Å². The molecule has 1 aliphatic heterocycles. The summed E-state index contributed by atoms with van der Waals surface area (Å²) in [5.74, 6) is 0.586. The number of benzene rings is 1. The number of aromatic amines is 1. The highest BCUT2D eigenvalue weighted by atomic mass is 16.6. The number of carbonyl (C=O) groups excluding carboxylic acids is 2. The molecule has 0 atom stereocenters. The third-order valence-electron chi connectivity index (χ3n) is 6.98. The number of aromatic nitrogens is 4. The molecule has 9 nitrogen and oxygen atoms in total. The predicted molar refractivity (Wildman–Crippen MR) is 144 cm³/mol. The van der Waals surface area contributed by atoms with E-state index in [1.165, 1.54) is 11.1 Å². The van der Waals surface area contributed by atoms with Gasteiger partial charge < -0.3 is 19.9 Å². The van der Waals surface area contributed by atoms with Crippen LogP contribution in [0.5, 0.6) is 0 Å². The Morgan fingerprint density at radius 2 is 1.84 bits per heavy atom. The summed E-state index contributed by atoms with van der Waals surface area (Å²) in [6, 6.07) is 8.88. The highest BCUT2D eigenvalue weighted by Crippen LogP contribution is 2.25. The standard InChI is InChI=1S/C29H36N6O3/c1-29(2,3)38-27(37)26-30-17-22(32-26)10-6-7-11-25(36)35-13-12-24-21(18-35)16-31-28(34-24)33-23-14-19-8-4-5-9-20(19)15-23/h4-5,8-9,16-17,23H,6-7,10-15,18H2,1-3H3,(H,30,32)(H,31,33,34). The molecule has 0 radical (unpaired) electrons. The summed E-state index contributed by atoms with van der Waals surface area (Å²) in [6.07, 6.45) is 9.07. The lowest BCUT2D eigenvalue weighted by atomic mass is 10.1. The van der Waals surface area contributed by atoms with Crippen LogP contribution in [0.4, 0.5) is 5.95 Å². The van der Waals surface area contributed by atoms with Crippen molar-refractivity contribution in [1.82, 2.24) is 24.8 Å². The van der Waals surface area contributed by atoms with E-state index in [0.29, 0.717) is 31.5 Å². The van der Waals surface area contributed by atoms with Crippen LogP contribution in [-0.2, 0) is 41.8 Å². The number of carbonyl (C=O) groups is 2. The third kappa shape index (κ3) is 6.38. The molecule has 1 amide bonds. The molecular formula is C29H36N6O3. The van der Waals surface area contributed by atoms with E-state index in [2.05, 4.69) is 44.5 Å². The van der Waals surface area contributed by atoms with E-state index in [-0.39, 0.29) is 11.7 Å². The Hall–Kier alpha value is -3.75. The quantitative estimate of drug-likeness (QED) is 0.343. The number of unbranched alkanes of at least 4 members (excludes halogenated alkanes) is 1. The number of fused-ring (bicyclic) bond motifs is 2. The Morgan fingerprint density at radius 1 is 1.08 bits per heavy atom. The zero-order chi connectivity index (χ0) is 26.7. The molecule has 2 N–H and O–H groups in total. The lowest BCUT2D eigenvalue weighted by Gasteiger charge is -2.28. The number of ether oxygens (including phenoxy) is 1. The molecule has 38 heavy (non-hydrogen) atoms. The van der Waals surface area contributed by atoms with Gasteiger partial charge in [-0.1, -0.05) is 24.3 Å². The van der Waals surface area contributed by atoms with Crippen molar-refractivity contribution < 1.29 is 14.3 Å². The molecule has 1 aliphatic carbocycles. The van der Waals surface area contributed by atoms with Crippen molar-refractivity contribution >= 4 is 17.8 Å². The van der Waals surface area contributed by atoms with Gasteiger partial charge in [0.2, 0.25) is 17.7 Å². The first kappa shape index (κ1) is 25.9. The van der Waals surface area contributed by atoms with Crippen molar-refractivity contribution in [2.75, 3.05) is 11.9 Å². The Labute approximate surface area is 223 Å². The zero-order valence-corrected chi connectivity index (χ0v) is 22.4. The van der Waals surface area contributed by atoms with Crippen LogP contribution in [0.15, 0.2) is 36.7 Å². The molecule has 0 saturated carbocycles. The van der Waals surface area contributed by atoms with Crippen LogP contribution in [-0.4, -0.2) is 54.9 Å². The van der Waals surface area contributed by atoms with Crippen molar-refractivity contribution in [3.8, 4) is 0 Å². The molecule has 0 spiro atoms. The van der Waals surface area contributed by atoms with E-state index in [4.69, 9.17) is 9.72 Å². The first-order valence-electron chi connectivity index (χ1n) is 13.5. The van der Waals surface area contributed by atoms with Gasteiger partial charge in [-0.05, 0) is 64.0 Å². The van der Waals surface area contributed by atoms with Gasteiger partial charge in [0.25, 0.3) is 0 Å². The lowest BCUT2D eigenvalue weighted by Crippen LogP contribution is -2.36. The van der Waals surface area contributed by atoms with Gasteiger partial charge >= 0.3 is 5.97 Å². The largest absolute Gasteiger partial charge is 0.454 e. The molecule has 2 aliphatic rings. The van der Waals surface area contributed by atoms with E-state index in [1.807, 2.05) is 31.9 Å². The van der Waals surface area contributed by atoms with Gasteiger partial charge in [0.05, 0.1) is 5.69 Å². The van der Waals surface area contributed by atoms with E-state index >= 15 is 0 Å². The molecule has 200 valence electrons. The van der Waals surface area contributed by atoms with Crippen molar-refractivity contribution in [1.29, 1.82) is 0 Å². The smallest absolute Gasteiger partial charge is 0.374 e. The molecule has 5 rings (SSSR count). The van der Waals surface area contributed by atoms with Crippen molar-refractivity contribution in [3.05, 3.63) is 70.6 Å². The Morgan fingerprint density at radius 3 is 2.58 bits per heavy atom. The fourth-order valence-electron chi connectivity index (χ4n) is 5.11. The molecule has 9 heteroatoms. The van der Waals surface area contributed by atoms with Gasteiger partial charge in [0.15, 0.2) is 0 Å². The van der Waals surface area contributed by atoms with E-state index in [9.17, 15) is 9.59 Å². The maximum Gasteiger partial charge on any atom is 0.374 e. The second kappa shape index (κ2) is 10.9. The molecule has 1 aromatic carbocycles. The topological polar surface area (TPSA) is 113 Å². The van der Waals surface area contributed by atoms with Crippen LogP contribution < -0.4 is 5.32 Å². The first-order valence-corrected chi connectivity index (χ1v) is 13.5. The minimum absolute atomic E-state index is 0.153. The van der Waals surface area contributed by atoms with E-state index in [0.717, 1.165) is 55.5 Å². The van der Waals surface area contributed by atoms with Gasteiger partial charge in [0, 0.05) is 55.6 Å². The number of H-pyrrole nitrogens is 1. The number of anilines is 1. The van der Waals surface area contributed by atoms with Crippen LogP contribution in [0.25, 0.3) is 0 Å². The summed E-state index contributed by atoms with van der Waals surface area (Å²) in [6.45, 7) is 6.71. The summed E-state index contributed by atoms with van der Waals surface area (Å²) >= 11 is 0. The van der Waals surface area contributed by atoms with Gasteiger partial charge in [-0.2, -0.15) is 0 Å². The zero-order valence-electron chi connectivity index (χ0n) is 22.4. The highest BCUT2D eigenvalue weighted by Gasteiger charge is 2.25. The SMILES string of the molecule is CC(C)(C)OC(=O)c1ncc(CCCCC(=O)N2CCc3nc(NC4Cc5ccccc5C4)ncc3C2)[nH]1. The Kier molecular flexibility index (Phi) is 7.44. The normalized spacial score (nSPS) is 15.2. The molecular weight excluding hydrogens is 480 g/mol. The fourth-order valence-corrected chi connectivity index (χ4v) is 5.11. The van der Waals surface area contributed by atoms with Crippen molar-refractivity contribution in [2.24, 2.45) is 0 Å². The summed E-state index contributed by atoms with van der Waals surface area (Å²) in [7, 11) is 0. The van der Waals surface area contributed by atoms with Gasteiger partial charge in [-0.15, -0.1) is 0 Å². The number of aryl methyl sites for hydroxylation is 1. The highest BCUT2D eigenvalue weighted by molar-refractivity contribution is 5.85. The summed E-state index contributed by atoms with van der Waals surface area (Å²) < 4.78 is 5.34. The third-order valence-corrected chi connectivity index (χ3v) is 6.98. The van der Waals surface area contributed by atoms with Gasteiger partial charge in [0.1, 0.15) is 5.60 Å². The predicted octanol–water partition coefficient (Wildman–Crippen LogP) is 4.03. The molecule has 2 aromatic heterocycles. The minimum atomic E-state index is -0.562. The fraction of sp³-hybridized carbons (Fsp3) is 0.483. The summed E-state index contributed by atoms with van der Waals surface area (Å²) in [4.78, 5) is 43.4. The molecule has 0 unspecified atom stereocenters. The number of imidazole rings is 1. The number of nitrogens with zero attached hydrogens (tertiary/aromatic N) is 4. The molecule has 3 heterocycles. The minimum Gasteiger partial charge on any atom is -0.454 e. The molecule has 0 fully saturated rings. The number of rotatable bonds is 8. The van der Waals surface area contributed by atoms with Crippen LogP contribution >= 0.6 is 0 Å². The van der Waals surface area contributed by atoms with Gasteiger partial charge in [-0.3, -0.25) is 4.79 Å². The van der Waals surface area contributed by atoms with E-state index < -0.39 is 11.6 Å². The van der Waals surface area contributed by atoms with Crippen molar-refractivity contribution in [2.45, 2.75) is 83.9 Å². The van der Waals surface area contributed by atoms with E-state index in [1.54, 1.807) is 6.20 Å². The Bertz CT molecular complexity index is 1290. The number of nitrogens with one attached hydrogen (secondary N) is 2. The summed E-state index contributed by atoms with van der Waals surface area (Å²) in [5, 5.41) is 3.50. The molecule has 3 aromatic rings. The summed E-state index contributed by atoms with van der Waals surface area (Å²) in [5.41, 5.74) is 5.15. The molecule has 0 saturated heterocycles.